The summed E-state index contributed by atoms with van der Waals surface area (Å²) in [5, 5.41) is 13.1. The first-order chi connectivity index (χ1) is 10.0. The van der Waals surface area contributed by atoms with Gasteiger partial charge < -0.3 is 15.4 Å². The summed E-state index contributed by atoms with van der Waals surface area (Å²) < 4.78 is 0. The Bertz CT molecular complexity index is 692. The summed E-state index contributed by atoms with van der Waals surface area (Å²) in [5.74, 6) is -1.81. The van der Waals surface area contributed by atoms with E-state index < -0.39 is 17.8 Å². The summed E-state index contributed by atoms with van der Waals surface area (Å²) in [7, 11) is 0. The molecule has 0 saturated heterocycles. The Hall–Kier alpha value is -2.30. The van der Waals surface area contributed by atoms with Crippen LogP contribution >= 0.6 is 0 Å². The number of rotatable bonds is 3. The Kier molecular flexibility index (Phi) is 3.41. The number of nitrogens with one attached hydrogen (secondary N) is 2. The van der Waals surface area contributed by atoms with Crippen molar-refractivity contribution in [3.63, 3.8) is 0 Å². The zero-order valence-corrected chi connectivity index (χ0v) is 11.8. The molecule has 0 radical (unpaired) electrons. The second-order valence-corrected chi connectivity index (χ2v) is 5.90. The van der Waals surface area contributed by atoms with Gasteiger partial charge in [-0.2, -0.15) is 0 Å². The molecule has 21 heavy (non-hydrogen) atoms. The summed E-state index contributed by atoms with van der Waals surface area (Å²) in [4.78, 5) is 26.7. The molecule has 1 amide bonds. The van der Waals surface area contributed by atoms with Crippen molar-refractivity contribution in [3.8, 4) is 0 Å². The van der Waals surface area contributed by atoms with E-state index in [1.807, 2.05) is 37.4 Å². The molecule has 3 atom stereocenters. The van der Waals surface area contributed by atoms with Crippen molar-refractivity contribution in [3.05, 3.63) is 30.5 Å². The second-order valence-electron chi connectivity index (χ2n) is 5.90. The van der Waals surface area contributed by atoms with Gasteiger partial charge in [-0.1, -0.05) is 6.92 Å². The van der Waals surface area contributed by atoms with Crippen LogP contribution in [0.5, 0.6) is 0 Å². The van der Waals surface area contributed by atoms with Crippen molar-refractivity contribution >= 4 is 28.5 Å². The molecular weight excluding hydrogens is 268 g/mol. The number of hydrogen-bond acceptors (Lipinski definition) is 2. The monoisotopic (exact) mass is 286 g/mol. The molecule has 1 aromatic carbocycles. The highest BCUT2D eigenvalue weighted by atomic mass is 16.4. The van der Waals surface area contributed by atoms with E-state index in [1.165, 1.54) is 0 Å². The van der Waals surface area contributed by atoms with Crippen molar-refractivity contribution in [1.29, 1.82) is 0 Å². The third-order valence-corrected chi connectivity index (χ3v) is 4.27. The van der Waals surface area contributed by atoms with Crippen molar-refractivity contribution in [1.82, 2.24) is 4.98 Å². The molecule has 3 rings (SSSR count). The first kappa shape index (κ1) is 13.7. The van der Waals surface area contributed by atoms with Crippen LogP contribution in [0, 0.1) is 17.8 Å². The molecular formula is C16H18N2O3. The van der Waals surface area contributed by atoms with Crippen molar-refractivity contribution in [2.75, 3.05) is 5.32 Å². The van der Waals surface area contributed by atoms with E-state index in [2.05, 4.69) is 10.3 Å². The van der Waals surface area contributed by atoms with E-state index >= 15 is 0 Å². The molecule has 0 bridgehead atoms. The molecule has 1 aromatic heterocycles. The van der Waals surface area contributed by atoms with Crippen LogP contribution in [0.3, 0.4) is 0 Å². The van der Waals surface area contributed by atoms with Crippen LogP contribution in [0.25, 0.3) is 10.9 Å². The molecule has 5 heteroatoms. The van der Waals surface area contributed by atoms with Crippen LogP contribution in [0.15, 0.2) is 30.5 Å². The minimum Gasteiger partial charge on any atom is -0.481 e. The van der Waals surface area contributed by atoms with E-state index in [0.29, 0.717) is 18.5 Å². The number of benzene rings is 1. The molecule has 1 aliphatic rings. The number of carbonyl (C=O) groups excluding carboxylic acids is 1. The van der Waals surface area contributed by atoms with Gasteiger partial charge in [0.2, 0.25) is 5.91 Å². The van der Waals surface area contributed by atoms with Gasteiger partial charge in [-0.05, 0) is 43.0 Å². The molecule has 1 heterocycles. The fourth-order valence-corrected chi connectivity index (χ4v) is 3.22. The average molecular weight is 286 g/mol. The average Bonchev–Trinajstić information content (AvgIpc) is 3.04. The highest BCUT2D eigenvalue weighted by Gasteiger charge is 2.41. The number of H-pyrrole nitrogens is 1. The molecule has 1 fully saturated rings. The number of aliphatic carboxylic acids is 1. The Labute approximate surface area is 122 Å². The number of anilines is 1. The van der Waals surface area contributed by atoms with E-state index in [0.717, 1.165) is 10.9 Å². The lowest BCUT2D eigenvalue weighted by Gasteiger charge is -2.15. The largest absolute Gasteiger partial charge is 0.481 e. The van der Waals surface area contributed by atoms with Gasteiger partial charge in [0.1, 0.15) is 0 Å². The minimum absolute atomic E-state index is 0.193. The summed E-state index contributed by atoms with van der Waals surface area (Å²) in [5.41, 5.74) is 1.71. The lowest BCUT2D eigenvalue weighted by atomic mass is 9.95. The maximum atomic E-state index is 12.4. The Morgan fingerprint density at radius 1 is 1.24 bits per heavy atom. The van der Waals surface area contributed by atoms with Gasteiger partial charge >= 0.3 is 5.97 Å². The second kappa shape index (κ2) is 5.24. The number of fused-ring (bicyclic) bond motifs is 1. The third kappa shape index (κ3) is 2.63. The first-order valence-electron chi connectivity index (χ1n) is 7.15. The Balaban J connectivity index is 1.77. The SMILES string of the molecule is CC1C[C@H](C(=O)Nc2ccc3[nH]ccc3c2)[C@H](C(=O)O)C1. The zero-order valence-electron chi connectivity index (χ0n) is 11.8. The number of hydrogen-bond donors (Lipinski definition) is 3. The summed E-state index contributed by atoms with van der Waals surface area (Å²) in [6.07, 6.45) is 3.05. The quantitative estimate of drug-likeness (QED) is 0.811. The normalized spacial score (nSPS) is 25.1. The lowest BCUT2D eigenvalue weighted by Crippen LogP contribution is -2.29. The molecule has 1 unspecified atom stereocenters. The number of aromatic amines is 1. The predicted molar refractivity (Wildman–Crippen MR) is 79.9 cm³/mol. The Morgan fingerprint density at radius 2 is 2.00 bits per heavy atom. The van der Waals surface area contributed by atoms with Gasteiger partial charge in [-0.25, -0.2) is 0 Å². The summed E-state index contributed by atoms with van der Waals surface area (Å²) in [6, 6.07) is 7.54. The fraction of sp³-hybridized carbons (Fsp3) is 0.375. The van der Waals surface area contributed by atoms with Crippen molar-refractivity contribution < 1.29 is 14.7 Å². The number of carboxylic acid groups (broad SMARTS) is 1. The highest BCUT2D eigenvalue weighted by Crippen LogP contribution is 2.37. The third-order valence-electron chi connectivity index (χ3n) is 4.27. The molecule has 1 aliphatic carbocycles. The predicted octanol–water partition coefficient (Wildman–Crippen LogP) is 2.85. The summed E-state index contributed by atoms with van der Waals surface area (Å²) >= 11 is 0. The van der Waals surface area contributed by atoms with Gasteiger partial charge in [0.15, 0.2) is 0 Å². The van der Waals surface area contributed by atoms with E-state index in [9.17, 15) is 14.7 Å². The zero-order chi connectivity index (χ0) is 15.0. The van der Waals surface area contributed by atoms with Crippen LogP contribution in [0.1, 0.15) is 19.8 Å². The Morgan fingerprint density at radius 3 is 2.76 bits per heavy atom. The van der Waals surface area contributed by atoms with E-state index in [1.54, 1.807) is 0 Å². The van der Waals surface area contributed by atoms with Gasteiger partial charge in [-0.3, -0.25) is 9.59 Å². The van der Waals surface area contributed by atoms with Gasteiger partial charge in [0.05, 0.1) is 11.8 Å². The first-order valence-corrected chi connectivity index (χ1v) is 7.15. The molecule has 110 valence electrons. The topological polar surface area (TPSA) is 82.2 Å². The van der Waals surface area contributed by atoms with E-state index in [4.69, 9.17) is 0 Å². The van der Waals surface area contributed by atoms with Crippen LogP contribution in [0.2, 0.25) is 0 Å². The molecule has 0 spiro atoms. The van der Waals surface area contributed by atoms with Crippen LogP contribution < -0.4 is 5.32 Å². The fourth-order valence-electron chi connectivity index (χ4n) is 3.22. The summed E-state index contributed by atoms with van der Waals surface area (Å²) in [6.45, 7) is 2.00. The van der Waals surface area contributed by atoms with Crippen LogP contribution in [0.4, 0.5) is 5.69 Å². The van der Waals surface area contributed by atoms with Crippen molar-refractivity contribution in [2.24, 2.45) is 17.8 Å². The minimum atomic E-state index is -0.874. The maximum absolute atomic E-state index is 12.4. The molecule has 0 aliphatic heterocycles. The van der Waals surface area contributed by atoms with Crippen LogP contribution in [-0.4, -0.2) is 22.0 Å². The number of aromatic nitrogens is 1. The van der Waals surface area contributed by atoms with Crippen molar-refractivity contribution in [2.45, 2.75) is 19.8 Å². The van der Waals surface area contributed by atoms with Gasteiger partial charge in [-0.15, -0.1) is 0 Å². The molecule has 3 N–H and O–H groups in total. The van der Waals surface area contributed by atoms with Crippen LogP contribution in [-0.2, 0) is 9.59 Å². The number of carbonyl (C=O) groups is 2. The molecule has 2 aromatic rings. The lowest BCUT2D eigenvalue weighted by molar-refractivity contribution is -0.145. The van der Waals surface area contributed by atoms with E-state index in [-0.39, 0.29) is 11.8 Å². The highest BCUT2D eigenvalue weighted by molar-refractivity contribution is 5.97. The standard InChI is InChI=1S/C16H18N2O3/c1-9-6-12(13(7-9)16(20)21)15(19)18-11-2-3-14-10(8-11)4-5-17-14/h2-5,8-9,12-13,17H,6-7H2,1H3,(H,18,19)(H,20,21)/t9?,12-,13+/m0/s1. The van der Waals surface area contributed by atoms with Gasteiger partial charge in [0.25, 0.3) is 0 Å². The maximum Gasteiger partial charge on any atom is 0.307 e. The molecule has 5 nitrogen and oxygen atoms in total. The van der Waals surface area contributed by atoms with Gasteiger partial charge in [0, 0.05) is 22.8 Å². The molecule has 1 saturated carbocycles. The smallest absolute Gasteiger partial charge is 0.307 e. The number of amides is 1. The number of carboxylic acids is 1.